The number of allylic oxidation sites excluding steroid dienone is 4. The van der Waals surface area contributed by atoms with Crippen molar-refractivity contribution >= 4 is 28.4 Å². The van der Waals surface area contributed by atoms with Crippen LogP contribution in [-0.4, -0.2) is 5.78 Å². The molecule has 0 amide bonds. The van der Waals surface area contributed by atoms with Gasteiger partial charge in [0.2, 0.25) is 0 Å². The first-order valence-electron chi connectivity index (χ1n) is 7.82. The number of nitriles is 1. The van der Waals surface area contributed by atoms with Gasteiger partial charge in [0.1, 0.15) is 5.82 Å². The third-order valence-corrected chi connectivity index (χ3v) is 5.30. The zero-order valence-corrected chi connectivity index (χ0v) is 16.0. The van der Waals surface area contributed by atoms with Crippen LogP contribution in [0.5, 0.6) is 0 Å². The number of rotatable bonds is 1. The predicted molar refractivity (Wildman–Crippen MR) is 98.4 cm³/mol. The molecule has 5 heteroatoms. The molecule has 1 aromatic carbocycles. The van der Waals surface area contributed by atoms with Crippen LogP contribution in [0.2, 0.25) is 0 Å². The van der Waals surface area contributed by atoms with Gasteiger partial charge in [-0.15, -0.1) is 0 Å². The van der Waals surface area contributed by atoms with Gasteiger partial charge < -0.3 is 5.32 Å². The second-order valence-corrected chi connectivity index (χ2v) is 8.45. The first kappa shape index (κ1) is 17.2. The largest absolute Gasteiger partial charge is 0.361 e. The minimum absolute atomic E-state index is 0.00254. The van der Waals surface area contributed by atoms with Crippen LogP contribution in [-0.2, 0) is 4.79 Å². The van der Waals surface area contributed by atoms with Crippen molar-refractivity contribution in [2.24, 2.45) is 5.41 Å². The highest BCUT2D eigenvalue weighted by molar-refractivity contribution is 14.1. The van der Waals surface area contributed by atoms with E-state index in [9.17, 15) is 14.4 Å². The van der Waals surface area contributed by atoms with E-state index in [4.69, 9.17) is 0 Å². The summed E-state index contributed by atoms with van der Waals surface area (Å²) >= 11 is 2.12. The quantitative estimate of drug-likeness (QED) is 0.657. The average Bonchev–Trinajstić information content (AvgIpc) is 2.47. The summed E-state index contributed by atoms with van der Waals surface area (Å²) in [4.78, 5) is 12.8. The standard InChI is InChI=1S/C19H18FIN2O/c1-10-13(9-22)17(12-6-11(21)4-5-14(12)20)18-15(23-10)7-19(2,3)8-16(18)24/h4-6,17,23H,7-8H2,1-3H3. The van der Waals surface area contributed by atoms with E-state index in [0.717, 1.165) is 9.27 Å². The molecule has 0 saturated carbocycles. The summed E-state index contributed by atoms with van der Waals surface area (Å²) in [6.45, 7) is 5.92. The van der Waals surface area contributed by atoms with E-state index in [2.05, 4.69) is 47.8 Å². The summed E-state index contributed by atoms with van der Waals surface area (Å²) in [5, 5.41) is 12.9. The summed E-state index contributed by atoms with van der Waals surface area (Å²) in [6, 6.07) is 7.00. The number of nitrogens with zero attached hydrogens (tertiary/aromatic N) is 1. The summed E-state index contributed by atoms with van der Waals surface area (Å²) in [5.41, 5.74) is 2.77. The molecule has 0 aromatic heterocycles. The molecule has 24 heavy (non-hydrogen) atoms. The smallest absolute Gasteiger partial charge is 0.162 e. The molecular weight excluding hydrogens is 418 g/mol. The lowest BCUT2D eigenvalue weighted by molar-refractivity contribution is -0.118. The van der Waals surface area contributed by atoms with Gasteiger partial charge in [0, 0.05) is 32.5 Å². The monoisotopic (exact) mass is 436 g/mol. The molecule has 1 N–H and O–H groups in total. The molecule has 1 unspecified atom stereocenters. The van der Waals surface area contributed by atoms with Crippen molar-refractivity contribution in [1.82, 2.24) is 5.32 Å². The molecule has 0 radical (unpaired) electrons. The number of carbonyl (C=O) groups is 1. The van der Waals surface area contributed by atoms with Crippen LogP contribution in [0, 0.1) is 26.1 Å². The maximum Gasteiger partial charge on any atom is 0.162 e. The number of benzene rings is 1. The molecule has 1 heterocycles. The molecule has 124 valence electrons. The third kappa shape index (κ3) is 2.88. The number of carbonyl (C=O) groups excluding carboxylic acids is 1. The number of ketones is 1. The lowest BCUT2D eigenvalue weighted by Gasteiger charge is -2.38. The highest BCUT2D eigenvalue weighted by atomic mass is 127. The Morgan fingerprint density at radius 3 is 2.75 bits per heavy atom. The summed E-state index contributed by atoms with van der Waals surface area (Å²) in [6.07, 6.45) is 1.12. The third-order valence-electron chi connectivity index (χ3n) is 4.63. The SMILES string of the molecule is CC1=C(C#N)C(c2cc(I)ccc2F)C2=C(CC(C)(C)CC2=O)N1. The van der Waals surface area contributed by atoms with Gasteiger partial charge in [0.05, 0.1) is 17.6 Å². The van der Waals surface area contributed by atoms with E-state index in [-0.39, 0.29) is 17.0 Å². The molecule has 1 atom stereocenters. The van der Waals surface area contributed by atoms with Gasteiger partial charge >= 0.3 is 0 Å². The van der Waals surface area contributed by atoms with E-state index < -0.39 is 5.92 Å². The Labute approximate surface area is 154 Å². The number of nitrogens with one attached hydrogen (secondary N) is 1. The zero-order chi connectivity index (χ0) is 17.6. The van der Waals surface area contributed by atoms with Crippen molar-refractivity contribution < 1.29 is 9.18 Å². The number of halogens is 2. The second-order valence-electron chi connectivity index (χ2n) is 7.21. The zero-order valence-electron chi connectivity index (χ0n) is 13.8. The molecule has 1 aromatic rings. The molecule has 1 aliphatic heterocycles. The van der Waals surface area contributed by atoms with E-state index in [1.54, 1.807) is 12.1 Å². The number of hydrogen-bond acceptors (Lipinski definition) is 3. The van der Waals surface area contributed by atoms with Crippen LogP contribution in [0.4, 0.5) is 4.39 Å². The van der Waals surface area contributed by atoms with Gasteiger partial charge in [-0.2, -0.15) is 5.26 Å². The van der Waals surface area contributed by atoms with Crippen LogP contribution in [0.3, 0.4) is 0 Å². The van der Waals surface area contributed by atoms with Gasteiger partial charge in [-0.05, 0) is 59.5 Å². The Hall–Kier alpha value is -1.68. The number of Topliss-reactive ketones (excluding diaryl/α,β-unsaturated/α-hetero) is 1. The fraction of sp³-hybridized carbons (Fsp3) is 0.368. The van der Waals surface area contributed by atoms with Gasteiger partial charge in [0.25, 0.3) is 0 Å². The van der Waals surface area contributed by atoms with E-state index in [1.807, 2.05) is 6.92 Å². The van der Waals surface area contributed by atoms with Gasteiger partial charge in [-0.3, -0.25) is 4.79 Å². The fourth-order valence-corrected chi connectivity index (χ4v) is 4.15. The molecule has 3 nitrogen and oxygen atoms in total. The summed E-state index contributed by atoms with van der Waals surface area (Å²) in [5.74, 6) is -1.01. The van der Waals surface area contributed by atoms with E-state index in [1.165, 1.54) is 6.07 Å². The van der Waals surface area contributed by atoms with Gasteiger partial charge in [-0.25, -0.2) is 4.39 Å². The van der Waals surface area contributed by atoms with Crippen LogP contribution < -0.4 is 5.32 Å². The van der Waals surface area contributed by atoms with Crippen molar-refractivity contribution in [3.8, 4) is 6.07 Å². The first-order valence-corrected chi connectivity index (χ1v) is 8.90. The summed E-state index contributed by atoms with van der Waals surface area (Å²) < 4.78 is 15.4. The van der Waals surface area contributed by atoms with Crippen molar-refractivity contribution in [3.63, 3.8) is 0 Å². The molecule has 1 aliphatic carbocycles. The molecular formula is C19H18FIN2O. The number of hydrogen-bond donors (Lipinski definition) is 1. The fourth-order valence-electron chi connectivity index (χ4n) is 3.63. The predicted octanol–water partition coefficient (Wildman–Crippen LogP) is 4.56. The minimum Gasteiger partial charge on any atom is -0.361 e. The Bertz CT molecular complexity index is 845. The maximum absolute atomic E-state index is 14.5. The van der Waals surface area contributed by atoms with Crippen molar-refractivity contribution in [2.75, 3.05) is 0 Å². The lowest BCUT2D eigenvalue weighted by Crippen LogP contribution is -2.37. The Morgan fingerprint density at radius 2 is 2.08 bits per heavy atom. The van der Waals surface area contributed by atoms with E-state index >= 15 is 0 Å². The van der Waals surface area contributed by atoms with Crippen LogP contribution >= 0.6 is 22.6 Å². The normalized spacial score (nSPS) is 22.8. The lowest BCUT2D eigenvalue weighted by atomic mass is 9.69. The van der Waals surface area contributed by atoms with Crippen molar-refractivity contribution in [2.45, 2.75) is 39.5 Å². The highest BCUT2D eigenvalue weighted by Crippen LogP contribution is 2.46. The van der Waals surface area contributed by atoms with Crippen molar-refractivity contribution in [3.05, 3.63) is 55.7 Å². The first-order chi connectivity index (χ1) is 11.2. The molecule has 2 aliphatic rings. The summed E-state index contributed by atoms with van der Waals surface area (Å²) in [7, 11) is 0. The van der Waals surface area contributed by atoms with Crippen LogP contribution in [0.15, 0.2) is 40.7 Å². The molecule has 0 fully saturated rings. The Morgan fingerprint density at radius 1 is 1.38 bits per heavy atom. The van der Waals surface area contributed by atoms with Crippen LogP contribution in [0.25, 0.3) is 0 Å². The average molecular weight is 436 g/mol. The minimum atomic E-state index is -0.621. The van der Waals surface area contributed by atoms with E-state index in [0.29, 0.717) is 35.2 Å². The molecule has 0 bridgehead atoms. The Kier molecular flexibility index (Phi) is 4.28. The highest BCUT2D eigenvalue weighted by Gasteiger charge is 2.41. The number of dihydropyridines is 1. The van der Waals surface area contributed by atoms with Crippen molar-refractivity contribution in [1.29, 1.82) is 5.26 Å². The van der Waals surface area contributed by atoms with Crippen LogP contribution in [0.1, 0.15) is 45.1 Å². The molecule has 0 spiro atoms. The second kappa shape index (κ2) is 5.99. The molecule has 0 saturated heterocycles. The van der Waals surface area contributed by atoms with Gasteiger partial charge in [0.15, 0.2) is 5.78 Å². The molecule has 3 rings (SSSR count). The maximum atomic E-state index is 14.5. The Balaban J connectivity index is 2.24. The van der Waals surface area contributed by atoms with Gasteiger partial charge in [-0.1, -0.05) is 13.8 Å². The topological polar surface area (TPSA) is 52.9 Å².